The molecule has 148 valence electrons. The van der Waals surface area contributed by atoms with Gasteiger partial charge in [-0.2, -0.15) is 0 Å². The van der Waals surface area contributed by atoms with E-state index >= 15 is 0 Å². The number of aliphatic carboxylic acids is 1. The molecule has 0 aromatic rings. The third-order valence-corrected chi connectivity index (χ3v) is 12.9. The van der Waals surface area contributed by atoms with Crippen molar-refractivity contribution in [2.24, 2.45) is 0 Å². The number of aliphatic hydroxyl groups is 2. The Morgan fingerprint density at radius 2 is 1.60 bits per heavy atom. The molecule has 2 atom stereocenters. The van der Waals surface area contributed by atoms with Gasteiger partial charge in [0.05, 0.1) is 12.7 Å². The first kappa shape index (κ1) is 24.7. The number of rotatable bonds is 12. The molecule has 6 nitrogen and oxygen atoms in total. The molecular weight excluding hydrogens is 372 g/mol. The summed E-state index contributed by atoms with van der Waals surface area (Å²) in [6, 6.07) is 0. The number of hydrogen-bond donors (Lipinski definition) is 3. The van der Waals surface area contributed by atoms with Gasteiger partial charge in [-0.05, 0) is 52.1 Å². The smallest absolute Gasteiger partial charge is 0.331 e. The van der Waals surface area contributed by atoms with Gasteiger partial charge >= 0.3 is 15.3 Å². The third-order valence-electron chi connectivity index (χ3n) is 3.74. The minimum atomic E-state index is -2.56. The van der Waals surface area contributed by atoms with Gasteiger partial charge in [-0.1, -0.05) is 19.9 Å². The molecular formula is C16H36O6Si3. The lowest BCUT2D eigenvalue weighted by atomic mass is 9.88. The van der Waals surface area contributed by atoms with Gasteiger partial charge in [-0.15, -0.1) is 0 Å². The summed E-state index contributed by atoms with van der Waals surface area (Å²) in [6.45, 7) is 17.6. The molecule has 0 spiro atoms. The van der Waals surface area contributed by atoms with Gasteiger partial charge in [0.25, 0.3) is 0 Å². The maximum absolute atomic E-state index is 11.8. The second kappa shape index (κ2) is 9.58. The Kier molecular flexibility index (Phi) is 9.47. The molecule has 0 rings (SSSR count). The zero-order valence-corrected chi connectivity index (χ0v) is 19.9. The summed E-state index contributed by atoms with van der Waals surface area (Å²) in [4.78, 5) is 11.8. The van der Waals surface area contributed by atoms with Gasteiger partial charge in [0, 0.05) is 10.6 Å². The molecule has 9 heteroatoms. The lowest BCUT2D eigenvalue weighted by Crippen LogP contribution is -2.52. The quantitative estimate of drug-likeness (QED) is 0.339. The molecule has 0 bridgehead atoms. The Hall–Kier alpha value is -0.299. The second-order valence-corrected chi connectivity index (χ2v) is 20.6. The van der Waals surface area contributed by atoms with Gasteiger partial charge in [-0.25, -0.2) is 4.79 Å². The van der Waals surface area contributed by atoms with Crippen LogP contribution in [0.5, 0.6) is 0 Å². The van der Waals surface area contributed by atoms with Gasteiger partial charge < -0.3 is 23.5 Å². The number of carbonyl (C=O) groups is 1. The van der Waals surface area contributed by atoms with Crippen LogP contribution in [0.15, 0.2) is 12.2 Å². The molecule has 0 amide bonds. The number of carboxylic acid groups (broad SMARTS) is 1. The van der Waals surface area contributed by atoms with Crippen LogP contribution in [0.2, 0.25) is 44.3 Å². The van der Waals surface area contributed by atoms with E-state index in [0.717, 1.165) is 0 Å². The third kappa shape index (κ3) is 8.29. The average molecular weight is 409 g/mol. The highest BCUT2D eigenvalue weighted by Crippen LogP contribution is 2.49. The van der Waals surface area contributed by atoms with Crippen molar-refractivity contribution in [1.82, 2.24) is 0 Å². The van der Waals surface area contributed by atoms with Crippen LogP contribution >= 0.6 is 0 Å². The van der Waals surface area contributed by atoms with Crippen molar-refractivity contribution in [3.05, 3.63) is 12.2 Å². The largest absolute Gasteiger partial charge is 0.478 e. The molecule has 0 fully saturated rings. The van der Waals surface area contributed by atoms with E-state index in [4.69, 9.17) is 8.23 Å². The van der Waals surface area contributed by atoms with Crippen LogP contribution in [0.25, 0.3) is 0 Å². The fraction of sp³-hybridized carbons (Fsp3) is 0.812. The van der Waals surface area contributed by atoms with E-state index in [0.29, 0.717) is 12.8 Å². The predicted molar refractivity (Wildman–Crippen MR) is 108 cm³/mol. The number of hydrogen-bond acceptors (Lipinski definition) is 5. The van der Waals surface area contributed by atoms with Crippen molar-refractivity contribution in [3.63, 3.8) is 0 Å². The van der Waals surface area contributed by atoms with Crippen LogP contribution in [-0.4, -0.2) is 59.9 Å². The highest BCUT2D eigenvalue weighted by molar-refractivity contribution is 6.82. The van der Waals surface area contributed by atoms with Gasteiger partial charge in [-0.3, -0.25) is 0 Å². The highest BCUT2D eigenvalue weighted by atomic mass is 28.4. The van der Waals surface area contributed by atoms with Crippen molar-refractivity contribution in [3.8, 4) is 0 Å². The van der Waals surface area contributed by atoms with E-state index in [1.807, 2.05) is 46.2 Å². The molecule has 0 aliphatic rings. The Bertz CT molecular complexity index is 442. The first-order valence-corrected chi connectivity index (χ1v) is 17.1. The standard InChI is InChI=1S/C16H36O6Si3/c1-9-10-16(11-14(18)12-17,13(2)15(19)20)23(21-24(3,4)5)22-25(6,7)8/h14,17-18,23H,2,9-12H2,1,3-8H3,(H,19,20). The van der Waals surface area contributed by atoms with Gasteiger partial charge in [0.15, 0.2) is 16.6 Å². The Morgan fingerprint density at radius 3 is 1.88 bits per heavy atom. The monoisotopic (exact) mass is 408 g/mol. The van der Waals surface area contributed by atoms with Crippen LogP contribution in [0.4, 0.5) is 0 Å². The van der Waals surface area contributed by atoms with E-state index in [9.17, 15) is 20.1 Å². The van der Waals surface area contributed by atoms with E-state index in [1.165, 1.54) is 0 Å². The predicted octanol–water partition coefficient (Wildman–Crippen LogP) is 2.83. The highest BCUT2D eigenvalue weighted by Gasteiger charge is 2.51. The SMILES string of the molecule is C=C(C(=O)O)C(CCC)(CC(O)CO)[SiH](O[Si](C)(C)C)O[Si](C)(C)C. The minimum absolute atomic E-state index is 0.0232. The van der Waals surface area contributed by atoms with Crippen LogP contribution in [-0.2, 0) is 13.0 Å². The van der Waals surface area contributed by atoms with Crippen LogP contribution in [0.1, 0.15) is 26.2 Å². The van der Waals surface area contributed by atoms with Crippen molar-refractivity contribution < 1.29 is 28.3 Å². The van der Waals surface area contributed by atoms with Crippen molar-refractivity contribution in [2.45, 2.75) is 76.6 Å². The molecule has 25 heavy (non-hydrogen) atoms. The Labute approximate surface area is 156 Å². The molecule has 0 saturated carbocycles. The maximum Gasteiger partial charge on any atom is 0.331 e. The van der Waals surface area contributed by atoms with Crippen LogP contribution in [0, 0.1) is 0 Å². The fourth-order valence-corrected chi connectivity index (χ4v) is 11.7. The van der Waals surface area contributed by atoms with Crippen LogP contribution < -0.4 is 0 Å². The van der Waals surface area contributed by atoms with E-state index < -0.39 is 49.6 Å². The lowest BCUT2D eigenvalue weighted by Gasteiger charge is -2.44. The molecule has 0 aliphatic carbocycles. The van der Waals surface area contributed by atoms with E-state index in [2.05, 4.69) is 6.58 Å². The minimum Gasteiger partial charge on any atom is -0.478 e. The van der Waals surface area contributed by atoms with E-state index in [1.54, 1.807) is 0 Å². The summed E-state index contributed by atoms with van der Waals surface area (Å²) >= 11 is 0. The zero-order valence-electron chi connectivity index (χ0n) is 16.8. The maximum atomic E-state index is 11.8. The Morgan fingerprint density at radius 1 is 1.16 bits per heavy atom. The topological polar surface area (TPSA) is 96.2 Å². The number of carboxylic acids is 1. The zero-order chi connectivity index (χ0) is 20.1. The Balaban J connectivity index is 6.25. The summed E-state index contributed by atoms with van der Waals surface area (Å²) < 4.78 is 12.8. The van der Waals surface area contributed by atoms with Crippen molar-refractivity contribution in [2.75, 3.05) is 6.61 Å². The molecule has 0 radical (unpaired) electrons. The van der Waals surface area contributed by atoms with E-state index in [-0.39, 0.29) is 12.0 Å². The number of aliphatic hydroxyl groups excluding tert-OH is 2. The van der Waals surface area contributed by atoms with Crippen LogP contribution in [0.3, 0.4) is 0 Å². The molecule has 0 aromatic heterocycles. The summed E-state index contributed by atoms with van der Waals surface area (Å²) in [5.74, 6) is -1.10. The first-order chi connectivity index (χ1) is 11.2. The molecule has 0 aromatic carbocycles. The average Bonchev–Trinajstić information content (AvgIpc) is 2.41. The van der Waals surface area contributed by atoms with Gasteiger partial charge in [0.2, 0.25) is 0 Å². The normalized spacial score (nSPS) is 16.6. The summed E-state index contributed by atoms with van der Waals surface area (Å²) in [6.07, 6.45) is 0.265. The molecule has 0 saturated heterocycles. The first-order valence-electron chi connectivity index (χ1n) is 8.75. The lowest BCUT2D eigenvalue weighted by molar-refractivity contribution is -0.133. The fourth-order valence-electron chi connectivity index (χ4n) is 2.77. The second-order valence-electron chi connectivity index (χ2n) is 8.52. The molecule has 0 heterocycles. The summed E-state index contributed by atoms with van der Waals surface area (Å²) in [5.41, 5.74) is 0.0232. The van der Waals surface area contributed by atoms with Crippen molar-refractivity contribution >= 4 is 31.9 Å². The molecule has 3 N–H and O–H groups in total. The molecule has 2 unspecified atom stereocenters. The summed E-state index contributed by atoms with van der Waals surface area (Å²) in [7, 11) is -6.60. The molecule has 0 aliphatic heterocycles. The van der Waals surface area contributed by atoms with Gasteiger partial charge in [0.1, 0.15) is 0 Å². The van der Waals surface area contributed by atoms with Crippen molar-refractivity contribution in [1.29, 1.82) is 0 Å². The summed E-state index contributed by atoms with van der Waals surface area (Å²) in [5, 5.41) is 28.2.